The van der Waals surface area contributed by atoms with Gasteiger partial charge in [0.15, 0.2) is 5.69 Å². The number of urea groups is 1. The third-order valence-corrected chi connectivity index (χ3v) is 8.08. The Kier molecular flexibility index (Phi) is 5.19. The van der Waals surface area contributed by atoms with Crippen molar-refractivity contribution in [3.05, 3.63) is 29.6 Å². The summed E-state index contributed by atoms with van der Waals surface area (Å²) in [7, 11) is 0. The minimum absolute atomic E-state index is 0.00696. The van der Waals surface area contributed by atoms with Gasteiger partial charge in [0.25, 0.3) is 5.82 Å². The van der Waals surface area contributed by atoms with Crippen LogP contribution in [0.2, 0.25) is 0 Å². The van der Waals surface area contributed by atoms with Gasteiger partial charge < -0.3 is 9.80 Å². The molecule has 3 saturated heterocycles. The number of rotatable bonds is 4. The van der Waals surface area contributed by atoms with E-state index in [1.807, 2.05) is 0 Å². The zero-order chi connectivity index (χ0) is 26.4. The summed E-state index contributed by atoms with van der Waals surface area (Å²) < 4.78 is 79.8. The first-order valence-corrected chi connectivity index (χ1v) is 12.2. The van der Waals surface area contributed by atoms with Crippen LogP contribution in [0.15, 0.2) is 12.4 Å². The predicted molar refractivity (Wildman–Crippen MR) is 115 cm³/mol. The van der Waals surface area contributed by atoms with Crippen LogP contribution < -0.4 is 0 Å². The topological polar surface area (TPSA) is 75.3 Å². The van der Waals surface area contributed by atoms with Crippen LogP contribution >= 0.6 is 0 Å². The van der Waals surface area contributed by atoms with Gasteiger partial charge in [-0.1, -0.05) is 0 Å². The lowest BCUT2D eigenvalue weighted by Gasteiger charge is -2.63. The molecule has 4 aliphatic rings. The second-order valence-electron chi connectivity index (χ2n) is 11.1. The van der Waals surface area contributed by atoms with Crippen molar-refractivity contribution in [3.63, 3.8) is 0 Å². The average molecular weight is 532 g/mol. The summed E-state index contributed by atoms with van der Waals surface area (Å²) in [5, 5.41) is 7.21. The maximum Gasteiger partial charge on any atom is 0.453 e. The number of halogens is 6. The fourth-order valence-electron chi connectivity index (χ4n) is 6.40. The fourth-order valence-corrected chi connectivity index (χ4v) is 6.40. The molecule has 2 aromatic rings. The van der Waals surface area contributed by atoms with E-state index in [9.17, 15) is 31.1 Å². The van der Waals surface area contributed by atoms with E-state index >= 15 is 0 Å². The molecule has 0 bridgehead atoms. The van der Waals surface area contributed by atoms with Crippen LogP contribution in [0.4, 0.5) is 31.1 Å². The van der Waals surface area contributed by atoms with Gasteiger partial charge in [0.1, 0.15) is 6.33 Å². The molecule has 0 radical (unpaired) electrons. The van der Waals surface area contributed by atoms with E-state index in [0.717, 1.165) is 25.5 Å². The summed E-state index contributed by atoms with van der Waals surface area (Å²) >= 11 is 0. The molecule has 202 valence electrons. The molecular weight excluding hydrogens is 506 g/mol. The van der Waals surface area contributed by atoms with Gasteiger partial charge >= 0.3 is 18.4 Å². The van der Waals surface area contributed by atoms with Crippen molar-refractivity contribution in [2.45, 2.75) is 51.2 Å². The standard InChI is InChI=1S/C22H26F6N8O/c1-2-35-14(3-16(30-35)21(23,24)25)6-32-7-20(8-32)11-34(12-20)18(37)33-9-19(10-33)4-15(5-19)36-13-29-17(31-36)22(26,27)28/h3,13,15H,2,4-12H2,1H3. The Hall–Kier alpha value is -2.84. The van der Waals surface area contributed by atoms with E-state index in [1.165, 1.54) is 9.36 Å². The number of likely N-dealkylation sites (tertiary alicyclic amines) is 3. The molecule has 1 saturated carbocycles. The second-order valence-corrected chi connectivity index (χ2v) is 11.1. The van der Waals surface area contributed by atoms with E-state index in [0.29, 0.717) is 57.8 Å². The van der Waals surface area contributed by atoms with Crippen molar-refractivity contribution >= 4 is 6.03 Å². The second kappa shape index (κ2) is 7.84. The number of hydrogen-bond acceptors (Lipinski definition) is 5. The van der Waals surface area contributed by atoms with Crippen molar-refractivity contribution in [1.82, 2.24) is 39.2 Å². The van der Waals surface area contributed by atoms with E-state index in [4.69, 9.17) is 0 Å². The van der Waals surface area contributed by atoms with Crippen molar-refractivity contribution in [2.75, 3.05) is 39.3 Å². The molecule has 9 nitrogen and oxygen atoms in total. The highest BCUT2D eigenvalue weighted by Gasteiger charge is 2.58. The van der Waals surface area contributed by atoms with Crippen LogP contribution in [-0.2, 0) is 25.4 Å². The summed E-state index contributed by atoms with van der Waals surface area (Å²) in [6, 6.07) is 0.941. The molecule has 0 aromatic carbocycles. The molecule has 0 atom stereocenters. The maximum absolute atomic E-state index is 13.0. The van der Waals surface area contributed by atoms with Crippen molar-refractivity contribution in [2.24, 2.45) is 10.8 Å². The third kappa shape index (κ3) is 4.14. The normalized spacial score (nSPS) is 23.1. The summed E-state index contributed by atoms with van der Waals surface area (Å²) in [4.78, 5) is 21.8. The maximum atomic E-state index is 13.0. The van der Waals surface area contributed by atoms with Crippen molar-refractivity contribution < 1.29 is 31.1 Å². The van der Waals surface area contributed by atoms with Gasteiger partial charge in [0.05, 0.1) is 11.7 Å². The van der Waals surface area contributed by atoms with Gasteiger partial charge in [-0.25, -0.2) is 14.5 Å². The quantitative estimate of drug-likeness (QED) is 0.566. The highest BCUT2D eigenvalue weighted by Crippen LogP contribution is 2.54. The van der Waals surface area contributed by atoms with Gasteiger partial charge in [-0.3, -0.25) is 9.58 Å². The summed E-state index contributed by atoms with van der Waals surface area (Å²) in [5.74, 6) is -1.14. The third-order valence-electron chi connectivity index (χ3n) is 8.08. The van der Waals surface area contributed by atoms with Crippen LogP contribution in [0, 0.1) is 10.8 Å². The minimum atomic E-state index is -4.56. The summed E-state index contributed by atoms with van der Waals surface area (Å²) in [6.45, 7) is 6.35. The van der Waals surface area contributed by atoms with Crippen LogP contribution in [0.5, 0.6) is 0 Å². The Balaban J connectivity index is 0.942. The molecule has 4 fully saturated rings. The molecule has 1 aliphatic carbocycles. The monoisotopic (exact) mass is 532 g/mol. The smallest absolute Gasteiger partial charge is 0.323 e. The Bertz CT molecular complexity index is 1190. The molecule has 3 aliphatic heterocycles. The number of hydrogen-bond donors (Lipinski definition) is 0. The number of amides is 2. The molecule has 2 aromatic heterocycles. The Morgan fingerprint density at radius 3 is 2.11 bits per heavy atom. The van der Waals surface area contributed by atoms with E-state index in [-0.39, 0.29) is 22.9 Å². The van der Waals surface area contributed by atoms with E-state index in [2.05, 4.69) is 20.1 Å². The lowest BCUT2D eigenvalue weighted by Crippen LogP contribution is -2.75. The lowest BCUT2D eigenvalue weighted by molar-refractivity contribution is -0.145. The molecule has 5 heterocycles. The largest absolute Gasteiger partial charge is 0.453 e. The van der Waals surface area contributed by atoms with Crippen LogP contribution in [-0.4, -0.2) is 84.5 Å². The number of alkyl halides is 6. The number of carbonyl (C=O) groups is 1. The zero-order valence-electron chi connectivity index (χ0n) is 20.1. The Morgan fingerprint density at radius 1 is 0.946 bits per heavy atom. The molecular formula is C22H26F6N8O. The van der Waals surface area contributed by atoms with Gasteiger partial charge in [0, 0.05) is 63.2 Å². The first kappa shape index (κ1) is 24.5. The molecule has 6 rings (SSSR count). The minimum Gasteiger partial charge on any atom is -0.323 e. The van der Waals surface area contributed by atoms with Crippen molar-refractivity contribution in [1.29, 1.82) is 0 Å². The van der Waals surface area contributed by atoms with Gasteiger partial charge in [-0.05, 0) is 25.8 Å². The highest BCUT2D eigenvalue weighted by atomic mass is 19.4. The Labute approximate surface area is 208 Å². The van der Waals surface area contributed by atoms with E-state index < -0.39 is 23.9 Å². The van der Waals surface area contributed by atoms with Gasteiger partial charge in [-0.2, -0.15) is 31.4 Å². The summed E-state index contributed by atoms with van der Waals surface area (Å²) in [6.07, 6.45) is -6.58. The molecule has 0 N–H and O–H groups in total. The fraction of sp³-hybridized carbons (Fsp3) is 0.727. The molecule has 2 amide bonds. The van der Waals surface area contributed by atoms with Crippen LogP contribution in [0.25, 0.3) is 0 Å². The highest BCUT2D eigenvalue weighted by molar-refractivity contribution is 5.77. The molecule has 15 heteroatoms. The number of carbonyl (C=O) groups excluding carboxylic acids is 1. The van der Waals surface area contributed by atoms with Crippen LogP contribution in [0.1, 0.15) is 43.0 Å². The SMILES string of the molecule is CCn1nc(C(F)(F)F)cc1CN1CC2(C1)CN(C(=O)N1CC3(CC(n4cnc(C(F)(F)F)n4)C3)C1)C2. The number of aromatic nitrogens is 5. The average Bonchev–Trinajstić information content (AvgIpc) is 3.33. The predicted octanol–water partition coefficient (Wildman–Crippen LogP) is 3.11. The molecule has 37 heavy (non-hydrogen) atoms. The first-order chi connectivity index (χ1) is 17.3. The molecule has 2 spiro atoms. The van der Waals surface area contributed by atoms with Crippen LogP contribution in [0.3, 0.4) is 0 Å². The zero-order valence-corrected chi connectivity index (χ0v) is 20.1. The van der Waals surface area contributed by atoms with E-state index in [1.54, 1.807) is 16.7 Å². The lowest BCUT2D eigenvalue weighted by atomic mass is 9.60. The Morgan fingerprint density at radius 2 is 1.57 bits per heavy atom. The summed E-state index contributed by atoms with van der Waals surface area (Å²) in [5.41, 5.74) is -0.412. The first-order valence-electron chi connectivity index (χ1n) is 12.2. The number of aryl methyl sites for hydroxylation is 1. The van der Waals surface area contributed by atoms with Gasteiger partial charge in [-0.15, -0.1) is 5.10 Å². The van der Waals surface area contributed by atoms with Crippen molar-refractivity contribution in [3.8, 4) is 0 Å². The number of nitrogens with zero attached hydrogens (tertiary/aromatic N) is 8. The van der Waals surface area contributed by atoms with Gasteiger partial charge in [0.2, 0.25) is 0 Å². The molecule has 0 unspecified atom stereocenters.